The molecule has 1 aliphatic rings. The Morgan fingerprint density at radius 3 is 2.80 bits per heavy atom. The number of hydrogen-bond donors (Lipinski definition) is 1. The van der Waals surface area contributed by atoms with Gasteiger partial charge in [-0.05, 0) is 29.9 Å². The van der Waals surface area contributed by atoms with E-state index in [0.29, 0.717) is 12.0 Å². The van der Waals surface area contributed by atoms with Crippen molar-refractivity contribution in [1.29, 1.82) is 0 Å². The zero-order chi connectivity index (χ0) is 13.9. The maximum Gasteiger partial charge on any atom is 0.133 e. The standard InChI is InChI=1S/C16H22N4/c1-12-7-8-15(14-6-4-3-5-13(12)14)17-10-9-16-19-18-11-20(16)2/h3-6,11-12,15,17H,7-10H2,1-2H3. The molecule has 1 heterocycles. The van der Waals surface area contributed by atoms with Gasteiger partial charge in [-0.3, -0.25) is 0 Å². The largest absolute Gasteiger partial charge is 0.321 e. The van der Waals surface area contributed by atoms with Crippen LogP contribution in [-0.4, -0.2) is 21.3 Å². The predicted molar refractivity (Wildman–Crippen MR) is 79.5 cm³/mol. The van der Waals surface area contributed by atoms with Crippen molar-refractivity contribution in [3.8, 4) is 0 Å². The Kier molecular flexibility index (Phi) is 3.83. The molecule has 1 aliphatic carbocycles. The third kappa shape index (κ3) is 2.61. The summed E-state index contributed by atoms with van der Waals surface area (Å²) >= 11 is 0. The summed E-state index contributed by atoms with van der Waals surface area (Å²) in [6.07, 6.45) is 5.16. The quantitative estimate of drug-likeness (QED) is 0.928. The highest BCUT2D eigenvalue weighted by atomic mass is 15.2. The average Bonchev–Trinajstić information content (AvgIpc) is 2.87. The zero-order valence-electron chi connectivity index (χ0n) is 12.2. The van der Waals surface area contributed by atoms with Crippen LogP contribution in [0.3, 0.4) is 0 Å². The molecule has 2 aromatic rings. The molecule has 106 valence electrons. The zero-order valence-corrected chi connectivity index (χ0v) is 12.2. The Bertz CT molecular complexity index is 575. The van der Waals surface area contributed by atoms with Gasteiger partial charge in [0, 0.05) is 26.1 Å². The van der Waals surface area contributed by atoms with Gasteiger partial charge in [0.15, 0.2) is 0 Å². The van der Waals surface area contributed by atoms with Crippen LogP contribution in [0.2, 0.25) is 0 Å². The third-order valence-electron chi connectivity index (χ3n) is 4.34. The van der Waals surface area contributed by atoms with Crippen LogP contribution in [0.5, 0.6) is 0 Å². The fourth-order valence-electron chi connectivity index (χ4n) is 3.11. The fourth-order valence-corrected chi connectivity index (χ4v) is 3.11. The van der Waals surface area contributed by atoms with Crippen LogP contribution in [0.15, 0.2) is 30.6 Å². The Labute approximate surface area is 120 Å². The van der Waals surface area contributed by atoms with E-state index in [1.54, 1.807) is 6.33 Å². The van der Waals surface area contributed by atoms with Gasteiger partial charge in [-0.25, -0.2) is 0 Å². The van der Waals surface area contributed by atoms with Gasteiger partial charge >= 0.3 is 0 Å². The van der Waals surface area contributed by atoms with E-state index in [1.807, 2.05) is 11.6 Å². The molecule has 0 saturated carbocycles. The molecule has 0 radical (unpaired) electrons. The van der Waals surface area contributed by atoms with Crippen LogP contribution in [0.1, 0.15) is 48.7 Å². The molecule has 0 spiro atoms. The van der Waals surface area contributed by atoms with Gasteiger partial charge in [-0.1, -0.05) is 31.2 Å². The maximum atomic E-state index is 4.13. The van der Waals surface area contributed by atoms with Crippen molar-refractivity contribution < 1.29 is 0 Å². The summed E-state index contributed by atoms with van der Waals surface area (Å²) in [6.45, 7) is 3.27. The van der Waals surface area contributed by atoms with Crippen LogP contribution in [-0.2, 0) is 13.5 Å². The van der Waals surface area contributed by atoms with Gasteiger partial charge in [0.1, 0.15) is 12.2 Å². The normalized spacial score (nSPS) is 21.7. The van der Waals surface area contributed by atoms with Crippen LogP contribution in [0.4, 0.5) is 0 Å². The summed E-state index contributed by atoms with van der Waals surface area (Å²) in [5.74, 6) is 1.72. The van der Waals surface area contributed by atoms with Gasteiger partial charge in [-0.15, -0.1) is 10.2 Å². The molecule has 0 bridgehead atoms. The van der Waals surface area contributed by atoms with Crippen LogP contribution < -0.4 is 5.32 Å². The Hall–Kier alpha value is -1.68. The molecule has 1 aromatic carbocycles. The highest BCUT2D eigenvalue weighted by Gasteiger charge is 2.23. The topological polar surface area (TPSA) is 42.7 Å². The first-order valence-electron chi connectivity index (χ1n) is 7.41. The number of nitrogens with one attached hydrogen (secondary N) is 1. The Morgan fingerprint density at radius 2 is 2.05 bits per heavy atom. The molecule has 0 aliphatic heterocycles. The first-order chi connectivity index (χ1) is 9.75. The molecular formula is C16H22N4. The van der Waals surface area contributed by atoms with E-state index in [0.717, 1.165) is 18.8 Å². The minimum Gasteiger partial charge on any atom is -0.321 e. The predicted octanol–water partition coefficient (Wildman–Crippen LogP) is 2.59. The molecule has 20 heavy (non-hydrogen) atoms. The van der Waals surface area contributed by atoms with Gasteiger partial charge in [0.25, 0.3) is 0 Å². The van der Waals surface area contributed by atoms with E-state index in [4.69, 9.17) is 0 Å². The monoisotopic (exact) mass is 270 g/mol. The fraction of sp³-hybridized carbons (Fsp3) is 0.500. The number of aryl methyl sites for hydroxylation is 1. The van der Waals surface area contributed by atoms with E-state index in [-0.39, 0.29) is 0 Å². The number of nitrogens with zero attached hydrogens (tertiary/aromatic N) is 3. The number of hydrogen-bond acceptors (Lipinski definition) is 3. The van der Waals surface area contributed by atoms with E-state index in [2.05, 4.69) is 46.7 Å². The lowest BCUT2D eigenvalue weighted by molar-refractivity contribution is 0.432. The summed E-state index contributed by atoms with van der Waals surface area (Å²) in [7, 11) is 1.99. The highest BCUT2D eigenvalue weighted by molar-refractivity contribution is 5.34. The Balaban J connectivity index is 1.64. The second-order valence-corrected chi connectivity index (χ2v) is 5.72. The summed E-state index contributed by atoms with van der Waals surface area (Å²) in [4.78, 5) is 0. The molecule has 0 saturated heterocycles. The van der Waals surface area contributed by atoms with Crippen molar-refractivity contribution in [2.45, 2.75) is 38.1 Å². The summed E-state index contributed by atoms with van der Waals surface area (Å²) < 4.78 is 1.98. The lowest BCUT2D eigenvalue weighted by atomic mass is 9.81. The van der Waals surface area contributed by atoms with Crippen molar-refractivity contribution in [3.05, 3.63) is 47.5 Å². The number of rotatable bonds is 4. The van der Waals surface area contributed by atoms with E-state index in [9.17, 15) is 0 Å². The molecule has 1 N–H and O–H groups in total. The second kappa shape index (κ2) is 5.75. The van der Waals surface area contributed by atoms with Crippen LogP contribution in [0.25, 0.3) is 0 Å². The van der Waals surface area contributed by atoms with Crippen molar-refractivity contribution in [2.24, 2.45) is 7.05 Å². The summed E-state index contributed by atoms with van der Waals surface area (Å²) in [5.41, 5.74) is 2.99. The molecule has 4 nitrogen and oxygen atoms in total. The average molecular weight is 270 g/mol. The summed E-state index contributed by atoms with van der Waals surface area (Å²) in [5, 5.41) is 11.7. The second-order valence-electron chi connectivity index (χ2n) is 5.72. The van der Waals surface area contributed by atoms with Crippen molar-refractivity contribution in [1.82, 2.24) is 20.1 Å². The third-order valence-corrected chi connectivity index (χ3v) is 4.34. The highest BCUT2D eigenvalue weighted by Crippen LogP contribution is 2.36. The van der Waals surface area contributed by atoms with Gasteiger partial charge < -0.3 is 9.88 Å². The van der Waals surface area contributed by atoms with E-state index in [1.165, 1.54) is 24.0 Å². The van der Waals surface area contributed by atoms with Crippen molar-refractivity contribution >= 4 is 0 Å². The van der Waals surface area contributed by atoms with Gasteiger partial charge in [-0.2, -0.15) is 0 Å². The molecule has 2 atom stereocenters. The smallest absolute Gasteiger partial charge is 0.133 e. The molecule has 4 heteroatoms. The van der Waals surface area contributed by atoms with Crippen molar-refractivity contribution in [3.63, 3.8) is 0 Å². The van der Waals surface area contributed by atoms with E-state index < -0.39 is 0 Å². The molecule has 2 unspecified atom stereocenters. The molecule has 1 aromatic heterocycles. The van der Waals surface area contributed by atoms with Gasteiger partial charge in [0.05, 0.1) is 0 Å². The van der Waals surface area contributed by atoms with Crippen molar-refractivity contribution in [2.75, 3.05) is 6.54 Å². The summed E-state index contributed by atoms with van der Waals surface area (Å²) in [6, 6.07) is 9.32. The van der Waals surface area contributed by atoms with Crippen LogP contribution >= 0.6 is 0 Å². The number of aromatic nitrogens is 3. The maximum absolute atomic E-state index is 4.13. The minimum atomic E-state index is 0.482. The number of benzene rings is 1. The molecule has 0 amide bonds. The van der Waals surface area contributed by atoms with E-state index >= 15 is 0 Å². The molecule has 3 rings (SSSR count). The Morgan fingerprint density at radius 1 is 1.25 bits per heavy atom. The number of fused-ring (bicyclic) bond motifs is 1. The first kappa shape index (κ1) is 13.3. The lowest BCUT2D eigenvalue weighted by Crippen LogP contribution is -2.28. The molecule has 0 fully saturated rings. The minimum absolute atomic E-state index is 0.482. The van der Waals surface area contributed by atoms with Crippen LogP contribution in [0, 0.1) is 0 Å². The molecular weight excluding hydrogens is 248 g/mol. The SMILES string of the molecule is CC1CCC(NCCc2nncn2C)c2ccccc21. The lowest BCUT2D eigenvalue weighted by Gasteiger charge is -2.30. The van der Waals surface area contributed by atoms with Gasteiger partial charge in [0.2, 0.25) is 0 Å². The first-order valence-corrected chi connectivity index (χ1v) is 7.41.